The van der Waals surface area contributed by atoms with Crippen LogP contribution in [-0.4, -0.2) is 263 Å². The third-order valence-corrected chi connectivity index (χ3v) is 17.6. The molecule has 0 aromatic heterocycles. The molecule has 542 valence electrons. The lowest BCUT2D eigenvalue weighted by molar-refractivity contribution is -0.0846. The molecule has 62 heteroatoms. The molecule has 50 nitrogen and oxygen atoms in total. The van der Waals surface area contributed by atoms with Gasteiger partial charge in [-0.15, -0.1) is 0 Å². The molecule has 5 rings (SSSR count). The van der Waals surface area contributed by atoms with Crippen molar-refractivity contribution in [2.75, 3.05) is 0 Å². The Balaban J connectivity index is 1.95. The maximum Gasteiger partial charge on any atom is 0.398 e. The fourth-order valence-electron chi connectivity index (χ4n) is 9.48. The van der Waals surface area contributed by atoms with E-state index in [4.69, 9.17) is 0 Å². The topological polar surface area (TPSA) is 770 Å². The predicted octanol–water partition coefficient (Wildman–Crippen LogP) is -6.70. The van der Waals surface area contributed by atoms with E-state index in [2.05, 4.69) is 50.2 Å². The van der Waals surface area contributed by atoms with Crippen LogP contribution in [0, 0.1) is 0 Å². The molecule has 12 N–H and O–H groups in total. The molecule has 1 aromatic carbocycles. The first-order chi connectivity index (χ1) is 42.0. The summed E-state index contributed by atoms with van der Waals surface area (Å²) in [6, 6.07) is -7.33. The second-order valence-corrected chi connectivity index (χ2v) is 31.1. The third kappa shape index (κ3) is 27.0. The van der Waals surface area contributed by atoms with E-state index in [0.717, 1.165) is 18.2 Å². The van der Waals surface area contributed by atoms with Crippen molar-refractivity contribution in [3.63, 3.8) is 0 Å². The molecule has 1 aromatic rings. The van der Waals surface area contributed by atoms with Crippen molar-refractivity contribution in [2.24, 2.45) is 0 Å². The first kappa shape index (κ1) is 81.2. The zero-order valence-electron chi connectivity index (χ0n) is 44.4. The van der Waals surface area contributed by atoms with Crippen LogP contribution in [0.2, 0.25) is 0 Å². The largest absolute Gasteiger partial charge is 0.398 e. The molecule has 0 saturated carbocycles. The van der Waals surface area contributed by atoms with Crippen LogP contribution >= 0.6 is 0 Å². The standard InChI is InChI=1S/C32H44N2O48S12/c35-83(36,37)71-21-8-4-17(25(75-87(47,48)49)29(21)79-91(59,60)61)33(18-5-9-22(72-84(38,39)40)30(80-92(62,63)64)26(18)76-88(50,51)52)13-15-2-1-3-16(12-15)14-34(19-6-10-23(73-85(41,42)43)31(81-93(65,66)67)27(19)77-89(53,54)55)20-7-11-24(74-86(44,45)46)32(82-94(68,69)70)28(20)78-90(56,57)58/h1-12,17-32H,13-14H2,(H,35,36,37)(H,38,39,40)(H,41,42,43)(H,44,45,46)(H,47,48,49)(H,50,51,52)(H,53,54,55)(H,56,57,58)(H,59,60,61)(H,62,63,64)(H,65,66,67)(H,68,69,70)/t17-,18-,19-,20-,21+,22+,23+,24+,25+,26+,27+,28+,29+,30+,31+,32+/m0/s1. The summed E-state index contributed by atoms with van der Waals surface area (Å²) in [5.74, 6) is 0. The van der Waals surface area contributed by atoms with Crippen molar-refractivity contribution in [1.82, 2.24) is 9.80 Å². The van der Waals surface area contributed by atoms with Crippen LogP contribution in [-0.2, 0) is 188 Å². The molecule has 0 unspecified atom stereocenters. The fraction of sp³-hybridized carbons (Fsp3) is 0.562. The van der Waals surface area contributed by atoms with Crippen LogP contribution < -0.4 is 0 Å². The minimum atomic E-state index is -6.26. The molecule has 0 fully saturated rings. The van der Waals surface area contributed by atoms with Crippen molar-refractivity contribution >= 4 is 125 Å². The Morgan fingerprint density at radius 3 is 0.564 bits per heavy atom. The van der Waals surface area contributed by atoms with Crippen molar-refractivity contribution in [3.8, 4) is 0 Å². The van der Waals surface area contributed by atoms with E-state index in [-0.39, 0.29) is 24.3 Å². The van der Waals surface area contributed by atoms with E-state index in [0.29, 0.717) is 40.2 Å². The number of hydrogen-bond donors (Lipinski definition) is 12. The van der Waals surface area contributed by atoms with Gasteiger partial charge in [0.25, 0.3) is 0 Å². The Hall–Kier alpha value is -3.46. The van der Waals surface area contributed by atoms with Gasteiger partial charge in [0, 0.05) is 13.1 Å². The molecule has 16 atom stereocenters. The molecule has 0 amide bonds. The maximum atomic E-state index is 12.6. The molecule has 0 radical (unpaired) electrons. The highest BCUT2D eigenvalue weighted by Crippen LogP contribution is 2.39. The molecule has 0 spiro atoms. The third-order valence-electron chi connectivity index (χ3n) is 12.0. The zero-order chi connectivity index (χ0) is 71.9. The van der Waals surface area contributed by atoms with Gasteiger partial charge in [-0.25, -0.2) is 50.2 Å². The summed E-state index contributed by atoms with van der Waals surface area (Å²) in [5, 5.41) is 0. The molecular weight excluding hydrogens is 1570 g/mol. The van der Waals surface area contributed by atoms with E-state index in [9.17, 15) is 156 Å². The van der Waals surface area contributed by atoms with Gasteiger partial charge in [-0.3, -0.25) is 64.4 Å². The van der Waals surface area contributed by atoms with Gasteiger partial charge in [0.2, 0.25) is 0 Å². The quantitative estimate of drug-likeness (QED) is 0.0236. The average Bonchev–Trinajstić information content (AvgIpc) is 0.763. The lowest BCUT2D eigenvalue weighted by Crippen LogP contribution is -2.63. The summed E-state index contributed by atoms with van der Waals surface area (Å²) < 4.78 is 467. The smallest absolute Gasteiger partial charge is 0.281 e. The second-order valence-electron chi connectivity index (χ2n) is 18.5. The van der Waals surface area contributed by atoms with Crippen LogP contribution in [0.25, 0.3) is 0 Å². The first-order valence-electron chi connectivity index (χ1n) is 23.2. The van der Waals surface area contributed by atoms with Gasteiger partial charge in [0.1, 0.15) is 73.2 Å². The lowest BCUT2D eigenvalue weighted by atomic mass is 9.87. The Morgan fingerprint density at radius 1 is 0.245 bits per heavy atom. The van der Waals surface area contributed by atoms with Crippen LogP contribution in [0.5, 0.6) is 0 Å². The molecule has 4 aliphatic rings. The van der Waals surface area contributed by atoms with Crippen LogP contribution in [0.3, 0.4) is 0 Å². The number of benzene rings is 1. The summed E-state index contributed by atoms with van der Waals surface area (Å²) in [7, 11) is -73.5. The number of hydrogen-bond acceptors (Lipinski definition) is 38. The predicted molar refractivity (Wildman–Crippen MR) is 286 cm³/mol. The normalized spacial score (nSPS) is 29.9. The van der Waals surface area contributed by atoms with Gasteiger partial charge in [-0.2, -0.15) is 101 Å². The van der Waals surface area contributed by atoms with Crippen molar-refractivity contribution in [2.45, 2.75) is 111 Å². The monoisotopic (exact) mass is 1610 g/mol. The Bertz CT molecular complexity index is 3990. The second kappa shape index (κ2) is 29.4. The van der Waals surface area contributed by atoms with E-state index in [1.54, 1.807) is 0 Å². The van der Waals surface area contributed by atoms with Crippen molar-refractivity contribution in [3.05, 3.63) is 84.0 Å². The average molecular weight is 1610 g/mol. The van der Waals surface area contributed by atoms with Crippen molar-refractivity contribution in [1.29, 1.82) is 0 Å². The molecule has 0 aliphatic heterocycles. The first-order valence-corrected chi connectivity index (χ1v) is 39.6. The van der Waals surface area contributed by atoms with E-state index >= 15 is 0 Å². The van der Waals surface area contributed by atoms with Crippen LogP contribution in [0.15, 0.2) is 72.9 Å². The number of nitrogens with zero attached hydrogens (tertiary/aromatic N) is 2. The molecular formula is C32H44N2O48S12. The minimum absolute atomic E-state index is 0.279. The van der Waals surface area contributed by atoms with E-state index in [1.165, 1.54) is 0 Å². The van der Waals surface area contributed by atoms with Gasteiger partial charge < -0.3 is 0 Å². The van der Waals surface area contributed by atoms with E-state index in [1.807, 2.05) is 0 Å². The molecule has 94 heavy (non-hydrogen) atoms. The number of rotatable bonds is 32. The fourth-order valence-corrected chi connectivity index (χ4v) is 15.3. The summed E-state index contributed by atoms with van der Waals surface area (Å²) >= 11 is 0. The SMILES string of the molecule is O=S(=O)(O)O[C@H]1[C@H](OS(=O)(=O)O)[C@@H](N(Cc2cccc(CN([C@H]3C=C[C@@H](OS(=O)(=O)O)[C@@H](OS(=O)(=O)O)[C@@H]3OS(=O)(=O)O)[C@H]3C=C[C@@H](OS(=O)(=O)O)[C@@H](OS(=O)(=O)O)[C@@H]3OS(=O)(=O)O)c2)[C@H]2C=C[C@@H](OS(=O)(=O)O)[C@@H](OS(=O)(=O)O)[C@@H]2OS(=O)(=O)O)C=C[C@H]1OS(=O)(=O)O. The van der Waals surface area contributed by atoms with Crippen LogP contribution in [0.4, 0.5) is 0 Å². The Kier molecular flexibility index (Phi) is 25.4. The van der Waals surface area contributed by atoms with Gasteiger partial charge in [0.05, 0.1) is 24.2 Å². The van der Waals surface area contributed by atoms with Gasteiger partial charge >= 0.3 is 125 Å². The maximum absolute atomic E-state index is 12.6. The van der Waals surface area contributed by atoms with Crippen LogP contribution in [0.1, 0.15) is 11.1 Å². The van der Waals surface area contributed by atoms with Gasteiger partial charge in [-0.05, 0) is 11.1 Å². The van der Waals surface area contributed by atoms with Crippen molar-refractivity contribution < 1.29 is 206 Å². The lowest BCUT2D eigenvalue weighted by Gasteiger charge is -2.47. The summed E-state index contributed by atoms with van der Waals surface area (Å²) in [6.07, 6.45) is -33.8. The minimum Gasteiger partial charge on any atom is -0.281 e. The summed E-state index contributed by atoms with van der Waals surface area (Å²) in [5.41, 5.74) is -1.25. The molecule has 4 aliphatic carbocycles. The summed E-state index contributed by atoms with van der Waals surface area (Å²) in [6.45, 7) is -2.82. The summed E-state index contributed by atoms with van der Waals surface area (Å²) in [4.78, 5) is 0.699. The molecule has 0 saturated heterocycles. The van der Waals surface area contributed by atoms with Gasteiger partial charge in [-0.1, -0.05) is 72.9 Å². The zero-order valence-corrected chi connectivity index (χ0v) is 54.2. The Morgan fingerprint density at radius 2 is 0.404 bits per heavy atom. The highest BCUT2D eigenvalue weighted by atomic mass is 32.3. The molecule has 0 bridgehead atoms. The van der Waals surface area contributed by atoms with Gasteiger partial charge in [0.15, 0.2) is 0 Å². The molecule has 0 heterocycles. The highest BCUT2D eigenvalue weighted by molar-refractivity contribution is 7.83. The Labute approximate surface area is 531 Å². The highest BCUT2D eigenvalue weighted by Gasteiger charge is 2.56. The van der Waals surface area contributed by atoms with E-state index < -0.39 is 246 Å².